The Morgan fingerprint density at radius 2 is 2.38 bits per heavy atom. The molecule has 1 atom stereocenters. The molecule has 1 unspecified atom stereocenters. The quantitative estimate of drug-likeness (QED) is 0.796. The van der Waals surface area contributed by atoms with Gasteiger partial charge < -0.3 is 14.4 Å². The van der Waals surface area contributed by atoms with Crippen LogP contribution in [0.2, 0.25) is 0 Å². The number of aromatic nitrogens is 1. The summed E-state index contributed by atoms with van der Waals surface area (Å²) in [5.41, 5.74) is 1.22. The Balaban J connectivity index is 2.38. The van der Waals surface area contributed by atoms with E-state index in [9.17, 15) is 4.79 Å². The highest BCUT2D eigenvalue weighted by molar-refractivity contribution is 5.97. The third kappa shape index (κ3) is 1.13. The van der Waals surface area contributed by atoms with Crippen molar-refractivity contribution in [1.82, 2.24) is 4.57 Å². The molecule has 3 rings (SSSR count). The van der Waals surface area contributed by atoms with Crippen molar-refractivity contribution in [3.8, 4) is 5.75 Å². The van der Waals surface area contributed by atoms with Crippen LogP contribution in [-0.2, 0) is 6.54 Å². The highest BCUT2D eigenvalue weighted by atomic mass is 16.5. The number of carboxylic acid groups (broad SMARTS) is 1. The fourth-order valence-electron chi connectivity index (χ4n) is 2.26. The molecule has 1 aliphatic heterocycles. The molecular weight excluding hydrogens is 206 g/mol. The van der Waals surface area contributed by atoms with Gasteiger partial charge in [0, 0.05) is 5.39 Å². The fourth-order valence-corrected chi connectivity index (χ4v) is 2.26. The van der Waals surface area contributed by atoms with E-state index < -0.39 is 5.97 Å². The Morgan fingerprint density at radius 3 is 3.12 bits per heavy atom. The second-order valence-corrected chi connectivity index (χ2v) is 4.07. The van der Waals surface area contributed by atoms with Gasteiger partial charge in [-0.15, -0.1) is 0 Å². The normalized spacial score (nSPS) is 18.4. The summed E-state index contributed by atoms with van der Waals surface area (Å²) < 4.78 is 7.50. The third-order valence-electron chi connectivity index (χ3n) is 2.87. The average Bonchev–Trinajstić information content (AvgIpc) is 2.59. The minimum absolute atomic E-state index is 0.00333. The second-order valence-electron chi connectivity index (χ2n) is 4.07. The first-order valence-electron chi connectivity index (χ1n) is 5.19. The van der Waals surface area contributed by atoms with Crippen LogP contribution in [0.4, 0.5) is 0 Å². The molecule has 4 nitrogen and oxygen atoms in total. The van der Waals surface area contributed by atoms with Crippen molar-refractivity contribution in [2.24, 2.45) is 0 Å². The van der Waals surface area contributed by atoms with Gasteiger partial charge in [-0.25, -0.2) is 4.79 Å². The highest BCUT2D eigenvalue weighted by Gasteiger charge is 2.23. The molecular formula is C12H11NO3. The Labute approximate surface area is 92.1 Å². The lowest BCUT2D eigenvalue weighted by Crippen LogP contribution is -2.25. The van der Waals surface area contributed by atoms with Crippen LogP contribution in [0.3, 0.4) is 0 Å². The first-order chi connectivity index (χ1) is 7.66. The van der Waals surface area contributed by atoms with Crippen LogP contribution < -0.4 is 4.74 Å². The van der Waals surface area contributed by atoms with E-state index in [1.165, 1.54) is 0 Å². The van der Waals surface area contributed by atoms with E-state index >= 15 is 0 Å². The highest BCUT2D eigenvalue weighted by Crippen LogP contribution is 2.33. The van der Waals surface area contributed by atoms with Crippen LogP contribution in [-0.4, -0.2) is 21.7 Å². The summed E-state index contributed by atoms with van der Waals surface area (Å²) in [6.45, 7) is 2.52. The molecule has 0 saturated heterocycles. The predicted molar refractivity (Wildman–Crippen MR) is 59.0 cm³/mol. The van der Waals surface area contributed by atoms with Gasteiger partial charge in [-0.2, -0.15) is 0 Å². The number of hydrogen-bond donors (Lipinski definition) is 1. The summed E-state index contributed by atoms with van der Waals surface area (Å²) in [7, 11) is 0. The topological polar surface area (TPSA) is 51.5 Å². The van der Waals surface area contributed by atoms with Gasteiger partial charge in [0.2, 0.25) is 0 Å². The number of benzene rings is 1. The molecule has 0 radical (unpaired) electrons. The van der Waals surface area contributed by atoms with Crippen molar-refractivity contribution in [2.75, 3.05) is 0 Å². The Kier molecular flexibility index (Phi) is 1.74. The van der Waals surface area contributed by atoms with Crippen molar-refractivity contribution >= 4 is 16.9 Å². The molecule has 2 heterocycles. The van der Waals surface area contributed by atoms with E-state index in [4.69, 9.17) is 9.84 Å². The van der Waals surface area contributed by atoms with Gasteiger partial charge >= 0.3 is 5.97 Å². The van der Waals surface area contributed by atoms with Gasteiger partial charge in [-0.1, -0.05) is 12.1 Å². The minimum Gasteiger partial charge on any atom is -0.487 e. The average molecular weight is 217 g/mol. The Morgan fingerprint density at radius 1 is 1.56 bits per heavy atom. The Bertz CT molecular complexity index is 585. The lowest BCUT2D eigenvalue weighted by Gasteiger charge is -2.23. The summed E-state index contributed by atoms with van der Waals surface area (Å²) in [6, 6.07) is 7.36. The van der Waals surface area contributed by atoms with Crippen LogP contribution in [0, 0.1) is 0 Å². The van der Waals surface area contributed by atoms with Crippen LogP contribution in [0.25, 0.3) is 10.9 Å². The van der Waals surface area contributed by atoms with E-state index in [1.54, 1.807) is 6.07 Å². The van der Waals surface area contributed by atoms with Crippen LogP contribution in [0.1, 0.15) is 17.4 Å². The van der Waals surface area contributed by atoms with E-state index in [-0.39, 0.29) is 6.10 Å². The molecule has 2 aromatic rings. The maximum atomic E-state index is 11.1. The van der Waals surface area contributed by atoms with E-state index in [1.807, 2.05) is 29.7 Å². The molecule has 1 aromatic heterocycles. The first kappa shape index (κ1) is 9.27. The number of hydrogen-bond acceptors (Lipinski definition) is 2. The zero-order valence-corrected chi connectivity index (χ0v) is 8.80. The van der Waals surface area contributed by atoms with Crippen molar-refractivity contribution in [2.45, 2.75) is 19.6 Å². The van der Waals surface area contributed by atoms with Crippen LogP contribution in [0.5, 0.6) is 5.75 Å². The molecule has 0 fully saturated rings. The molecule has 0 aliphatic carbocycles. The number of ether oxygens (including phenoxy) is 1. The number of para-hydroxylation sites is 1. The van der Waals surface area contributed by atoms with E-state index in [0.29, 0.717) is 12.2 Å². The van der Waals surface area contributed by atoms with Crippen molar-refractivity contribution < 1.29 is 14.6 Å². The van der Waals surface area contributed by atoms with Gasteiger partial charge in [0.1, 0.15) is 17.5 Å². The molecule has 1 aromatic carbocycles. The molecule has 1 aliphatic rings. The second kappa shape index (κ2) is 3.01. The van der Waals surface area contributed by atoms with Gasteiger partial charge in [-0.3, -0.25) is 0 Å². The first-order valence-corrected chi connectivity index (χ1v) is 5.19. The molecule has 0 bridgehead atoms. The van der Waals surface area contributed by atoms with Gasteiger partial charge in [0.15, 0.2) is 0 Å². The lowest BCUT2D eigenvalue weighted by atomic mass is 10.2. The van der Waals surface area contributed by atoms with Crippen LogP contribution in [0.15, 0.2) is 24.3 Å². The maximum Gasteiger partial charge on any atom is 0.352 e. The van der Waals surface area contributed by atoms with Gasteiger partial charge in [-0.05, 0) is 19.1 Å². The largest absolute Gasteiger partial charge is 0.487 e. The molecule has 82 valence electrons. The Hall–Kier alpha value is -1.97. The monoisotopic (exact) mass is 217 g/mol. The fraction of sp³-hybridized carbons (Fsp3) is 0.250. The number of aromatic carboxylic acids is 1. The third-order valence-corrected chi connectivity index (χ3v) is 2.87. The standard InChI is InChI=1S/C12H11NO3/c1-7-6-13-9(12(14)15)5-8-3-2-4-10(16-7)11(8)13/h2-5,7H,6H2,1H3,(H,14,15). The summed E-state index contributed by atoms with van der Waals surface area (Å²) in [4.78, 5) is 11.1. The summed E-state index contributed by atoms with van der Waals surface area (Å²) in [6.07, 6.45) is 0.00333. The zero-order chi connectivity index (χ0) is 11.3. The van der Waals surface area contributed by atoms with Gasteiger partial charge in [0.05, 0.1) is 12.1 Å². The van der Waals surface area contributed by atoms with Crippen molar-refractivity contribution in [1.29, 1.82) is 0 Å². The predicted octanol–water partition coefficient (Wildman–Crippen LogP) is 2.12. The maximum absolute atomic E-state index is 11.1. The van der Waals surface area contributed by atoms with E-state index in [0.717, 1.165) is 16.7 Å². The lowest BCUT2D eigenvalue weighted by molar-refractivity contribution is 0.0681. The number of carbonyl (C=O) groups is 1. The molecule has 1 N–H and O–H groups in total. The number of carboxylic acids is 1. The summed E-state index contributed by atoms with van der Waals surface area (Å²) in [5.74, 6) is -0.125. The molecule has 4 heteroatoms. The zero-order valence-electron chi connectivity index (χ0n) is 8.80. The molecule has 0 spiro atoms. The van der Waals surface area contributed by atoms with Crippen LogP contribution >= 0.6 is 0 Å². The molecule has 0 amide bonds. The smallest absolute Gasteiger partial charge is 0.352 e. The molecule has 16 heavy (non-hydrogen) atoms. The summed E-state index contributed by atoms with van der Waals surface area (Å²) in [5, 5.41) is 10.1. The number of nitrogens with zero attached hydrogens (tertiary/aromatic N) is 1. The van der Waals surface area contributed by atoms with Crippen molar-refractivity contribution in [3.05, 3.63) is 30.0 Å². The minimum atomic E-state index is -0.892. The van der Waals surface area contributed by atoms with Gasteiger partial charge in [0.25, 0.3) is 0 Å². The SMILES string of the molecule is CC1Cn2c(C(=O)O)cc3cccc(c32)O1. The van der Waals surface area contributed by atoms with E-state index in [2.05, 4.69) is 0 Å². The summed E-state index contributed by atoms with van der Waals surface area (Å²) >= 11 is 0. The molecule has 0 saturated carbocycles. The van der Waals surface area contributed by atoms with Crippen molar-refractivity contribution in [3.63, 3.8) is 0 Å². The number of rotatable bonds is 1.